The van der Waals surface area contributed by atoms with Gasteiger partial charge >= 0.3 is 0 Å². The molecule has 0 spiro atoms. The molecule has 2 bridgehead atoms. The third kappa shape index (κ3) is 3.25. The zero-order valence-electron chi connectivity index (χ0n) is 13.4. The molecule has 3 fully saturated rings. The van der Waals surface area contributed by atoms with Crippen LogP contribution in [0.1, 0.15) is 51.9 Å². The van der Waals surface area contributed by atoms with Gasteiger partial charge in [0, 0.05) is 31.6 Å². The van der Waals surface area contributed by atoms with Gasteiger partial charge in [0.05, 0.1) is 0 Å². The molecule has 3 aliphatic heterocycles. The van der Waals surface area contributed by atoms with Crippen LogP contribution in [0.25, 0.3) is 0 Å². The Morgan fingerprint density at radius 3 is 2.68 bits per heavy atom. The molecule has 0 aliphatic carbocycles. The Bertz CT molecular complexity index is 404. The van der Waals surface area contributed by atoms with E-state index < -0.39 is 0 Å². The van der Waals surface area contributed by atoms with Gasteiger partial charge in [-0.15, -0.1) is 12.4 Å². The average Bonchev–Trinajstić information content (AvgIpc) is 3.02. The number of hydrogen-bond acceptors (Lipinski definition) is 3. The second-order valence-electron chi connectivity index (χ2n) is 6.62. The summed E-state index contributed by atoms with van der Waals surface area (Å²) >= 11 is 0. The van der Waals surface area contributed by atoms with Gasteiger partial charge in [-0.2, -0.15) is 0 Å². The van der Waals surface area contributed by atoms with E-state index in [9.17, 15) is 9.59 Å². The molecule has 0 aromatic heterocycles. The molecule has 3 atom stereocenters. The Hall–Kier alpha value is -0.810. The zero-order valence-corrected chi connectivity index (χ0v) is 14.2. The minimum absolute atomic E-state index is 0. The molecular weight excluding hydrogens is 302 g/mol. The minimum Gasteiger partial charge on any atom is -0.334 e. The molecule has 0 saturated carbocycles. The highest BCUT2D eigenvalue weighted by atomic mass is 35.5. The van der Waals surface area contributed by atoms with Gasteiger partial charge in [0.25, 0.3) is 0 Å². The number of amides is 2. The quantitative estimate of drug-likeness (QED) is 0.854. The maximum absolute atomic E-state index is 13.0. The highest BCUT2D eigenvalue weighted by Crippen LogP contribution is 2.31. The minimum atomic E-state index is -0.190. The molecule has 5 nitrogen and oxygen atoms in total. The first kappa shape index (κ1) is 17.5. The van der Waals surface area contributed by atoms with Crippen molar-refractivity contribution in [2.45, 2.75) is 70.0 Å². The summed E-state index contributed by atoms with van der Waals surface area (Å²) in [7, 11) is 0. The fourth-order valence-corrected chi connectivity index (χ4v) is 4.19. The van der Waals surface area contributed by atoms with Crippen molar-refractivity contribution >= 4 is 24.2 Å². The first-order valence-electron chi connectivity index (χ1n) is 8.54. The molecule has 126 valence electrons. The van der Waals surface area contributed by atoms with Crippen LogP contribution >= 0.6 is 12.4 Å². The fraction of sp³-hybridized carbons (Fsp3) is 0.875. The van der Waals surface area contributed by atoms with Gasteiger partial charge in [-0.1, -0.05) is 6.92 Å². The normalized spacial score (nSPS) is 30.9. The van der Waals surface area contributed by atoms with E-state index in [1.807, 2.05) is 11.8 Å². The van der Waals surface area contributed by atoms with Crippen molar-refractivity contribution in [2.24, 2.45) is 0 Å². The molecule has 2 amide bonds. The molecule has 6 heteroatoms. The molecule has 0 radical (unpaired) electrons. The molecule has 1 N–H and O–H groups in total. The van der Waals surface area contributed by atoms with Crippen LogP contribution in [0.15, 0.2) is 0 Å². The van der Waals surface area contributed by atoms with Gasteiger partial charge in [0.2, 0.25) is 11.8 Å². The predicted molar refractivity (Wildman–Crippen MR) is 88.0 cm³/mol. The molecule has 0 aromatic rings. The number of rotatable bonds is 3. The van der Waals surface area contributed by atoms with Crippen molar-refractivity contribution in [1.82, 2.24) is 15.1 Å². The monoisotopic (exact) mass is 329 g/mol. The van der Waals surface area contributed by atoms with Crippen LogP contribution in [0.4, 0.5) is 0 Å². The van der Waals surface area contributed by atoms with E-state index in [4.69, 9.17) is 0 Å². The molecular formula is C16H28ClN3O2. The van der Waals surface area contributed by atoms with E-state index in [1.165, 1.54) is 0 Å². The third-order valence-electron chi connectivity index (χ3n) is 5.23. The van der Waals surface area contributed by atoms with Crippen LogP contribution in [-0.4, -0.2) is 59.4 Å². The van der Waals surface area contributed by atoms with E-state index in [2.05, 4.69) is 10.2 Å². The van der Waals surface area contributed by atoms with Crippen molar-refractivity contribution in [3.05, 3.63) is 0 Å². The molecule has 3 saturated heterocycles. The SMILES string of the molecule is CCCC(=O)N1CCCC1C(=O)N1C2CCNCC1CC2.Cl. The highest BCUT2D eigenvalue weighted by Gasteiger charge is 2.43. The van der Waals surface area contributed by atoms with Gasteiger partial charge in [0.15, 0.2) is 0 Å². The second-order valence-corrected chi connectivity index (χ2v) is 6.62. The van der Waals surface area contributed by atoms with Crippen molar-refractivity contribution < 1.29 is 9.59 Å². The van der Waals surface area contributed by atoms with Crippen molar-refractivity contribution in [3.63, 3.8) is 0 Å². The summed E-state index contributed by atoms with van der Waals surface area (Å²) < 4.78 is 0. The van der Waals surface area contributed by atoms with E-state index in [-0.39, 0.29) is 30.3 Å². The first-order valence-corrected chi connectivity index (χ1v) is 8.54. The summed E-state index contributed by atoms with van der Waals surface area (Å²) in [5.41, 5.74) is 0. The Balaban J connectivity index is 0.00000176. The van der Waals surface area contributed by atoms with E-state index >= 15 is 0 Å². The standard InChI is InChI=1S/C16H27N3O2.ClH/c1-2-4-15(20)18-10-3-5-14(18)16(21)19-12-6-7-13(19)11-17-9-8-12;/h12-14,17H,2-11H2,1H3;1H. The highest BCUT2D eigenvalue weighted by molar-refractivity contribution is 5.89. The lowest BCUT2D eigenvalue weighted by atomic mass is 10.1. The number of hydrogen-bond donors (Lipinski definition) is 1. The summed E-state index contributed by atoms with van der Waals surface area (Å²) in [5.74, 6) is 0.377. The molecule has 22 heavy (non-hydrogen) atoms. The summed E-state index contributed by atoms with van der Waals surface area (Å²) in [6, 6.07) is 0.542. The molecule has 0 aromatic carbocycles. The molecule has 3 aliphatic rings. The second kappa shape index (κ2) is 7.64. The van der Waals surface area contributed by atoms with Crippen molar-refractivity contribution in [2.75, 3.05) is 19.6 Å². The van der Waals surface area contributed by atoms with Crippen LogP contribution in [0, 0.1) is 0 Å². The molecule has 3 rings (SSSR count). The number of nitrogens with zero attached hydrogens (tertiary/aromatic N) is 2. The smallest absolute Gasteiger partial charge is 0.245 e. The zero-order chi connectivity index (χ0) is 14.8. The maximum Gasteiger partial charge on any atom is 0.245 e. The predicted octanol–water partition coefficient (Wildman–Crippen LogP) is 1.55. The lowest BCUT2D eigenvalue weighted by molar-refractivity contribution is -0.145. The van der Waals surface area contributed by atoms with Crippen LogP contribution < -0.4 is 5.32 Å². The Morgan fingerprint density at radius 1 is 1.14 bits per heavy atom. The summed E-state index contributed by atoms with van der Waals surface area (Å²) in [4.78, 5) is 29.2. The average molecular weight is 330 g/mol. The maximum atomic E-state index is 13.0. The fourth-order valence-electron chi connectivity index (χ4n) is 4.19. The third-order valence-corrected chi connectivity index (χ3v) is 5.23. The Kier molecular flexibility index (Phi) is 6.09. The summed E-state index contributed by atoms with van der Waals surface area (Å²) in [5, 5.41) is 3.43. The van der Waals surface area contributed by atoms with Crippen LogP contribution in [0.5, 0.6) is 0 Å². The van der Waals surface area contributed by atoms with E-state index in [0.29, 0.717) is 18.5 Å². The molecule has 3 heterocycles. The Labute approximate surface area is 139 Å². The van der Waals surface area contributed by atoms with Gasteiger partial charge in [-0.05, 0) is 45.1 Å². The Morgan fingerprint density at radius 2 is 1.91 bits per heavy atom. The van der Waals surface area contributed by atoms with Gasteiger partial charge in [0.1, 0.15) is 6.04 Å². The molecule has 3 unspecified atom stereocenters. The summed E-state index contributed by atoms with van der Waals surface area (Å²) in [6.45, 7) is 4.70. The lowest BCUT2D eigenvalue weighted by Gasteiger charge is -2.33. The van der Waals surface area contributed by atoms with Crippen LogP contribution in [0.3, 0.4) is 0 Å². The summed E-state index contributed by atoms with van der Waals surface area (Å²) in [6.07, 6.45) is 6.53. The first-order chi connectivity index (χ1) is 10.2. The van der Waals surface area contributed by atoms with Gasteiger partial charge < -0.3 is 15.1 Å². The number of likely N-dealkylation sites (tertiary alicyclic amines) is 1. The number of carbonyl (C=O) groups excluding carboxylic acids is 2. The van der Waals surface area contributed by atoms with Crippen LogP contribution in [-0.2, 0) is 9.59 Å². The van der Waals surface area contributed by atoms with Gasteiger partial charge in [-0.25, -0.2) is 0 Å². The van der Waals surface area contributed by atoms with E-state index in [0.717, 1.165) is 58.2 Å². The topological polar surface area (TPSA) is 52.7 Å². The number of carbonyl (C=O) groups is 2. The van der Waals surface area contributed by atoms with Crippen LogP contribution in [0.2, 0.25) is 0 Å². The largest absolute Gasteiger partial charge is 0.334 e. The lowest BCUT2D eigenvalue weighted by Crippen LogP contribution is -2.52. The number of nitrogens with one attached hydrogen (secondary N) is 1. The van der Waals surface area contributed by atoms with Gasteiger partial charge in [-0.3, -0.25) is 9.59 Å². The number of halogens is 1. The van der Waals surface area contributed by atoms with E-state index in [1.54, 1.807) is 0 Å². The van der Waals surface area contributed by atoms with Crippen molar-refractivity contribution in [1.29, 1.82) is 0 Å². The van der Waals surface area contributed by atoms with Crippen molar-refractivity contribution in [3.8, 4) is 0 Å². The number of fused-ring (bicyclic) bond motifs is 2.